The number of halogens is 1. The summed E-state index contributed by atoms with van der Waals surface area (Å²) in [7, 11) is 1.79. The van der Waals surface area contributed by atoms with Gasteiger partial charge in [-0.15, -0.1) is 35.3 Å². The van der Waals surface area contributed by atoms with Crippen LogP contribution in [-0.4, -0.2) is 67.0 Å². The van der Waals surface area contributed by atoms with Gasteiger partial charge < -0.3 is 20.3 Å². The molecule has 0 bridgehead atoms. The number of carbonyl (C=O) groups is 1. The standard InChI is InChI=1S/C16H27N5O2S2.HI/c1-3-23-16(22)21-9-5-13(6-10-21)20-14(17-2)18-7-4-11-24-15-19-8-12-25-15;/h8,12-13H,3-7,9-11H2,1-2H3,(H2,17,18,20);1H. The van der Waals surface area contributed by atoms with E-state index in [0.717, 1.165) is 54.9 Å². The van der Waals surface area contributed by atoms with Crippen LogP contribution in [0.3, 0.4) is 0 Å². The van der Waals surface area contributed by atoms with Gasteiger partial charge in [0.25, 0.3) is 0 Å². The number of guanidine groups is 1. The Kier molecular flexibility index (Phi) is 12.0. The van der Waals surface area contributed by atoms with Crippen molar-refractivity contribution in [3.05, 3.63) is 11.6 Å². The summed E-state index contributed by atoms with van der Waals surface area (Å²) in [6, 6.07) is 0.335. The number of ether oxygens (including phenoxy) is 1. The molecule has 1 fully saturated rings. The summed E-state index contributed by atoms with van der Waals surface area (Å²) >= 11 is 3.47. The largest absolute Gasteiger partial charge is 0.450 e. The van der Waals surface area contributed by atoms with Crippen molar-refractivity contribution in [2.75, 3.05) is 39.0 Å². The molecule has 1 amide bonds. The van der Waals surface area contributed by atoms with Crippen LogP contribution in [0, 0.1) is 0 Å². The predicted octanol–water partition coefficient (Wildman–Crippen LogP) is 3.03. The molecular formula is C16H28IN5O2S2. The maximum Gasteiger partial charge on any atom is 0.409 e. The third-order valence-corrected chi connectivity index (χ3v) is 5.89. The SMILES string of the molecule is CCOC(=O)N1CCC(NC(=NC)NCCCSc2nccs2)CC1.I. The first-order valence-electron chi connectivity index (χ1n) is 8.64. The van der Waals surface area contributed by atoms with E-state index < -0.39 is 0 Å². The van der Waals surface area contributed by atoms with Gasteiger partial charge in [-0.3, -0.25) is 4.99 Å². The summed E-state index contributed by atoms with van der Waals surface area (Å²) in [5.74, 6) is 1.86. The second-order valence-corrected chi connectivity index (χ2v) is 7.84. The summed E-state index contributed by atoms with van der Waals surface area (Å²) < 4.78 is 6.17. The number of nitrogens with one attached hydrogen (secondary N) is 2. The van der Waals surface area contributed by atoms with E-state index in [1.54, 1.807) is 35.0 Å². The Hall–Kier alpha value is -0.750. The quantitative estimate of drug-likeness (QED) is 0.192. The maximum atomic E-state index is 11.7. The number of hydrogen-bond donors (Lipinski definition) is 2. The molecule has 1 saturated heterocycles. The molecule has 1 aliphatic heterocycles. The van der Waals surface area contributed by atoms with Crippen molar-refractivity contribution in [1.29, 1.82) is 0 Å². The van der Waals surface area contributed by atoms with Crippen LogP contribution in [-0.2, 0) is 4.74 Å². The lowest BCUT2D eigenvalue weighted by atomic mass is 10.1. The maximum absolute atomic E-state index is 11.7. The number of thiazole rings is 1. The summed E-state index contributed by atoms with van der Waals surface area (Å²) in [4.78, 5) is 22.0. The lowest BCUT2D eigenvalue weighted by Gasteiger charge is -2.32. The Morgan fingerprint density at radius 3 is 2.88 bits per heavy atom. The second kappa shape index (κ2) is 13.4. The lowest BCUT2D eigenvalue weighted by molar-refractivity contribution is 0.0963. The summed E-state index contributed by atoms with van der Waals surface area (Å²) in [6.07, 6.45) is 4.48. The Bertz CT molecular complexity index is 537. The minimum Gasteiger partial charge on any atom is -0.450 e. The van der Waals surface area contributed by atoms with Gasteiger partial charge in [0.15, 0.2) is 5.96 Å². The highest BCUT2D eigenvalue weighted by Gasteiger charge is 2.23. The van der Waals surface area contributed by atoms with Crippen molar-refractivity contribution in [2.45, 2.75) is 36.6 Å². The predicted molar refractivity (Wildman–Crippen MR) is 119 cm³/mol. The summed E-state index contributed by atoms with van der Waals surface area (Å²) in [5, 5.41) is 8.80. The van der Waals surface area contributed by atoms with Crippen LogP contribution >= 0.6 is 47.1 Å². The van der Waals surface area contributed by atoms with Crippen LogP contribution in [0.4, 0.5) is 4.79 Å². The van der Waals surface area contributed by atoms with Crippen LogP contribution in [0.25, 0.3) is 0 Å². The first-order valence-corrected chi connectivity index (χ1v) is 10.5. The molecule has 2 heterocycles. The van der Waals surface area contributed by atoms with E-state index in [1.807, 2.05) is 18.5 Å². The van der Waals surface area contributed by atoms with E-state index in [-0.39, 0.29) is 30.1 Å². The topological polar surface area (TPSA) is 78.8 Å². The molecule has 2 N–H and O–H groups in total. The van der Waals surface area contributed by atoms with Crippen LogP contribution < -0.4 is 10.6 Å². The van der Waals surface area contributed by atoms with Crippen molar-refractivity contribution in [3.63, 3.8) is 0 Å². The van der Waals surface area contributed by atoms with Gasteiger partial charge in [0.1, 0.15) is 4.34 Å². The molecule has 0 unspecified atom stereocenters. The highest BCUT2D eigenvalue weighted by atomic mass is 127. The first kappa shape index (κ1) is 23.3. The van der Waals surface area contributed by atoms with E-state index in [9.17, 15) is 4.79 Å². The second-order valence-electron chi connectivity index (χ2n) is 5.60. The fraction of sp³-hybridized carbons (Fsp3) is 0.688. The number of rotatable bonds is 7. The van der Waals surface area contributed by atoms with Crippen molar-refractivity contribution in [3.8, 4) is 0 Å². The van der Waals surface area contributed by atoms with Gasteiger partial charge in [-0.1, -0.05) is 11.8 Å². The number of aromatic nitrogens is 1. The average Bonchev–Trinajstić information content (AvgIpc) is 3.14. The van der Waals surface area contributed by atoms with Gasteiger partial charge in [0.05, 0.1) is 6.61 Å². The van der Waals surface area contributed by atoms with Crippen molar-refractivity contribution in [2.24, 2.45) is 4.99 Å². The van der Waals surface area contributed by atoms with Gasteiger partial charge in [-0.25, -0.2) is 9.78 Å². The lowest BCUT2D eigenvalue weighted by Crippen LogP contribution is -2.50. The molecular weight excluding hydrogens is 485 g/mol. The first-order chi connectivity index (χ1) is 12.2. The molecule has 0 spiro atoms. The zero-order valence-electron chi connectivity index (χ0n) is 15.3. The zero-order chi connectivity index (χ0) is 17.9. The molecule has 0 aliphatic carbocycles. The summed E-state index contributed by atoms with van der Waals surface area (Å²) in [5.41, 5.74) is 0. The molecule has 148 valence electrons. The zero-order valence-corrected chi connectivity index (χ0v) is 19.2. The van der Waals surface area contributed by atoms with E-state index in [0.29, 0.717) is 12.6 Å². The van der Waals surface area contributed by atoms with Gasteiger partial charge in [-0.2, -0.15) is 0 Å². The number of amides is 1. The Labute approximate surface area is 180 Å². The number of aliphatic imine (C=N–C) groups is 1. The number of piperidine rings is 1. The van der Waals surface area contributed by atoms with E-state index >= 15 is 0 Å². The molecule has 0 atom stereocenters. The molecule has 1 aromatic heterocycles. The van der Waals surface area contributed by atoms with E-state index in [1.165, 1.54) is 0 Å². The number of likely N-dealkylation sites (tertiary alicyclic amines) is 1. The van der Waals surface area contributed by atoms with E-state index in [4.69, 9.17) is 4.74 Å². The molecule has 0 radical (unpaired) electrons. The van der Waals surface area contributed by atoms with Crippen molar-refractivity contribution >= 4 is 59.1 Å². The minimum absolute atomic E-state index is 0. The highest BCUT2D eigenvalue weighted by Crippen LogP contribution is 2.20. The Balaban J connectivity index is 0.00000338. The number of hydrogen-bond acceptors (Lipinski definition) is 6. The highest BCUT2D eigenvalue weighted by molar-refractivity contribution is 14.0. The smallest absolute Gasteiger partial charge is 0.409 e. The molecule has 0 aromatic carbocycles. The number of nitrogens with zero attached hydrogens (tertiary/aromatic N) is 3. The van der Waals surface area contributed by atoms with Crippen molar-refractivity contribution < 1.29 is 9.53 Å². The van der Waals surface area contributed by atoms with Crippen LogP contribution in [0.5, 0.6) is 0 Å². The fourth-order valence-corrected chi connectivity index (χ4v) is 4.18. The van der Waals surface area contributed by atoms with E-state index in [2.05, 4.69) is 20.6 Å². The summed E-state index contributed by atoms with van der Waals surface area (Å²) in [6.45, 7) is 4.57. The molecule has 7 nitrogen and oxygen atoms in total. The number of thioether (sulfide) groups is 1. The van der Waals surface area contributed by atoms with Gasteiger partial charge in [0.2, 0.25) is 0 Å². The average molecular weight is 513 g/mol. The number of carbonyl (C=O) groups excluding carboxylic acids is 1. The minimum atomic E-state index is -0.207. The molecule has 26 heavy (non-hydrogen) atoms. The molecule has 10 heteroatoms. The Morgan fingerprint density at radius 2 is 2.27 bits per heavy atom. The monoisotopic (exact) mass is 513 g/mol. The molecule has 2 rings (SSSR count). The van der Waals surface area contributed by atoms with Gasteiger partial charge in [-0.05, 0) is 26.2 Å². The molecule has 1 aliphatic rings. The van der Waals surface area contributed by atoms with Gasteiger partial charge in [0, 0.05) is 50.1 Å². The fourth-order valence-electron chi connectivity index (χ4n) is 2.53. The molecule has 1 aromatic rings. The third kappa shape index (κ3) is 8.30. The third-order valence-electron chi connectivity index (χ3n) is 3.83. The Morgan fingerprint density at radius 1 is 1.50 bits per heavy atom. The molecule has 0 saturated carbocycles. The van der Waals surface area contributed by atoms with Crippen LogP contribution in [0.2, 0.25) is 0 Å². The normalized spacial score (nSPS) is 15.3. The van der Waals surface area contributed by atoms with Crippen LogP contribution in [0.15, 0.2) is 20.9 Å². The van der Waals surface area contributed by atoms with Gasteiger partial charge >= 0.3 is 6.09 Å². The van der Waals surface area contributed by atoms with Crippen LogP contribution in [0.1, 0.15) is 26.2 Å². The van der Waals surface area contributed by atoms with Crippen molar-refractivity contribution in [1.82, 2.24) is 20.5 Å².